The second-order valence-electron chi connectivity index (χ2n) is 5.25. The van der Waals surface area contributed by atoms with Crippen LogP contribution in [0.15, 0.2) is 47.3 Å². The first-order valence-electron chi connectivity index (χ1n) is 7.18. The molecule has 3 aromatic rings. The molecule has 0 atom stereocenters. The number of benzene rings is 2. The molecule has 112 valence electrons. The number of ether oxygens (including phenoxy) is 1. The normalized spacial score (nSPS) is 10.8. The fourth-order valence-electron chi connectivity index (χ4n) is 2.27. The van der Waals surface area contributed by atoms with Crippen LogP contribution in [0.5, 0.6) is 5.75 Å². The average molecular weight is 295 g/mol. The predicted molar refractivity (Wildman–Crippen MR) is 85.2 cm³/mol. The minimum atomic E-state index is -0.143. The molecule has 0 N–H and O–H groups in total. The van der Waals surface area contributed by atoms with Crippen molar-refractivity contribution in [3.63, 3.8) is 0 Å². The van der Waals surface area contributed by atoms with Gasteiger partial charge in [0.1, 0.15) is 17.9 Å². The zero-order valence-corrected chi connectivity index (χ0v) is 12.6. The van der Waals surface area contributed by atoms with Crippen LogP contribution in [0.1, 0.15) is 11.1 Å². The van der Waals surface area contributed by atoms with Crippen LogP contribution in [0.4, 0.5) is 0 Å². The Balaban J connectivity index is 1.76. The third kappa shape index (κ3) is 2.83. The van der Waals surface area contributed by atoms with E-state index in [0.29, 0.717) is 24.1 Å². The van der Waals surface area contributed by atoms with Crippen molar-refractivity contribution in [2.45, 2.75) is 20.4 Å². The van der Waals surface area contributed by atoms with Crippen molar-refractivity contribution >= 4 is 10.9 Å². The molecular formula is C17H17N3O2. The molecule has 0 unspecified atom stereocenters. The summed E-state index contributed by atoms with van der Waals surface area (Å²) in [6, 6.07) is 13.3. The smallest absolute Gasteiger partial charge is 0.277 e. The summed E-state index contributed by atoms with van der Waals surface area (Å²) < 4.78 is 7.10. The predicted octanol–water partition coefficient (Wildman–Crippen LogP) is 2.49. The van der Waals surface area contributed by atoms with Crippen molar-refractivity contribution in [3.05, 3.63) is 63.9 Å². The number of fused-ring (bicyclic) bond motifs is 1. The molecule has 0 aliphatic rings. The van der Waals surface area contributed by atoms with E-state index in [2.05, 4.69) is 10.3 Å². The first-order chi connectivity index (χ1) is 10.6. The molecule has 0 aliphatic heterocycles. The first kappa shape index (κ1) is 14.3. The maximum atomic E-state index is 12.3. The van der Waals surface area contributed by atoms with Gasteiger partial charge in [0.25, 0.3) is 5.56 Å². The lowest BCUT2D eigenvalue weighted by atomic mass is 10.1. The van der Waals surface area contributed by atoms with Gasteiger partial charge < -0.3 is 4.74 Å². The fraction of sp³-hybridized carbons (Fsp3) is 0.235. The monoisotopic (exact) mass is 295 g/mol. The Morgan fingerprint density at radius 2 is 1.95 bits per heavy atom. The number of rotatable bonds is 4. The molecule has 5 nitrogen and oxygen atoms in total. The van der Waals surface area contributed by atoms with Crippen molar-refractivity contribution in [2.24, 2.45) is 0 Å². The third-order valence-corrected chi connectivity index (χ3v) is 3.53. The number of hydrogen-bond donors (Lipinski definition) is 0. The van der Waals surface area contributed by atoms with Crippen LogP contribution in [0.3, 0.4) is 0 Å². The van der Waals surface area contributed by atoms with Crippen LogP contribution in [-0.4, -0.2) is 21.6 Å². The Kier molecular flexibility index (Phi) is 3.87. The van der Waals surface area contributed by atoms with E-state index in [4.69, 9.17) is 4.74 Å². The Morgan fingerprint density at radius 1 is 1.14 bits per heavy atom. The summed E-state index contributed by atoms with van der Waals surface area (Å²) in [5.41, 5.74) is 2.68. The highest BCUT2D eigenvalue weighted by Crippen LogP contribution is 2.18. The van der Waals surface area contributed by atoms with Crippen LogP contribution < -0.4 is 10.3 Å². The van der Waals surface area contributed by atoms with Gasteiger partial charge in [-0.1, -0.05) is 29.5 Å². The van der Waals surface area contributed by atoms with Gasteiger partial charge in [0.05, 0.1) is 11.9 Å². The topological polar surface area (TPSA) is 57.0 Å². The molecule has 0 amide bonds. The Hall–Kier alpha value is -2.69. The van der Waals surface area contributed by atoms with E-state index < -0.39 is 0 Å². The van der Waals surface area contributed by atoms with Crippen molar-refractivity contribution in [3.8, 4) is 5.75 Å². The Bertz CT molecular complexity index is 871. The molecule has 0 aliphatic carbocycles. The maximum absolute atomic E-state index is 12.3. The highest BCUT2D eigenvalue weighted by atomic mass is 16.5. The van der Waals surface area contributed by atoms with Gasteiger partial charge in [0.2, 0.25) is 0 Å². The lowest BCUT2D eigenvalue weighted by molar-refractivity contribution is 0.284. The second-order valence-corrected chi connectivity index (χ2v) is 5.25. The van der Waals surface area contributed by atoms with Crippen LogP contribution in [0, 0.1) is 13.8 Å². The van der Waals surface area contributed by atoms with E-state index >= 15 is 0 Å². The zero-order valence-electron chi connectivity index (χ0n) is 12.6. The molecule has 1 aromatic heterocycles. The summed E-state index contributed by atoms with van der Waals surface area (Å²) in [7, 11) is 0. The first-order valence-corrected chi connectivity index (χ1v) is 7.18. The summed E-state index contributed by atoms with van der Waals surface area (Å²) >= 11 is 0. The molecule has 0 radical (unpaired) electrons. The lowest BCUT2D eigenvalue weighted by Gasteiger charge is -2.10. The van der Waals surface area contributed by atoms with E-state index in [9.17, 15) is 4.79 Å². The highest BCUT2D eigenvalue weighted by Gasteiger charge is 2.05. The highest BCUT2D eigenvalue weighted by molar-refractivity contribution is 5.76. The van der Waals surface area contributed by atoms with Gasteiger partial charge in [-0.2, -0.15) is 0 Å². The summed E-state index contributed by atoms with van der Waals surface area (Å²) in [6.07, 6.45) is 0. The van der Waals surface area contributed by atoms with Gasteiger partial charge in [0, 0.05) is 0 Å². The molecule has 0 fully saturated rings. The van der Waals surface area contributed by atoms with Crippen molar-refractivity contribution in [1.82, 2.24) is 15.0 Å². The third-order valence-electron chi connectivity index (χ3n) is 3.53. The van der Waals surface area contributed by atoms with Crippen LogP contribution in [-0.2, 0) is 6.54 Å². The Labute approximate surface area is 128 Å². The second kappa shape index (κ2) is 5.97. The molecule has 2 aromatic carbocycles. The molecule has 22 heavy (non-hydrogen) atoms. The van der Waals surface area contributed by atoms with Crippen molar-refractivity contribution < 1.29 is 4.74 Å². The summed E-state index contributed by atoms with van der Waals surface area (Å²) in [5.74, 6) is 0.835. The number of aromatic nitrogens is 3. The summed E-state index contributed by atoms with van der Waals surface area (Å²) in [6.45, 7) is 4.75. The summed E-state index contributed by atoms with van der Waals surface area (Å²) in [5, 5.41) is 8.58. The van der Waals surface area contributed by atoms with E-state index in [1.807, 2.05) is 44.2 Å². The molecule has 0 saturated heterocycles. The van der Waals surface area contributed by atoms with Crippen molar-refractivity contribution in [1.29, 1.82) is 0 Å². The van der Waals surface area contributed by atoms with E-state index in [0.717, 1.165) is 16.9 Å². The average Bonchev–Trinajstić information content (AvgIpc) is 2.53. The van der Waals surface area contributed by atoms with Gasteiger partial charge >= 0.3 is 0 Å². The van der Waals surface area contributed by atoms with Gasteiger partial charge in [-0.05, 0) is 43.2 Å². The minimum Gasteiger partial charge on any atom is -0.491 e. The molecule has 0 bridgehead atoms. The number of nitrogens with zero attached hydrogens (tertiary/aromatic N) is 3. The molecule has 0 spiro atoms. The minimum absolute atomic E-state index is 0.143. The van der Waals surface area contributed by atoms with Gasteiger partial charge in [-0.3, -0.25) is 4.79 Å². The summed E-state index contributed by atoms with van der Waals surface area (Å²) in [4.78, 5) is 12.3. The van der Waals surface area contributed by atoms with Crippen molar-refractivity contribution in [2.75, 3.05) is 6.61 Å². The standard InChI is InChI=1S/C17H17N3O2/c1-12-7-8-13(2)16(11-12)22-10-9-20-17(21)14-5-3-4-6-15(14)18-19-20/h3-8,11H,9-10H2,1-2H3. The van der Waals surface area contributed by atoms with Crippen LogP contribution >= 0.6 is 0 Å². The lowest BCUT2D eigenvalue weighted by Crippen LogP contribution is -2.26. The zero-order chi connectivity index (χ0) is 15.5. The van der Waals surface area contributed by atoms with E-state index in [1.54, 1.807) is 12.1 Å². The Morgan fingerprint density at radius 3 is 2.82 bits per heavy atom. The van der Waals surface area contributed by atoms with Gasteiger partial charge in [-0.15, -0.1) is 5.10 Å². The van der Waals surface area contributed by atoms with Crippen LogP contribution in [0.2, 0.25) is 0 Å². The molecule has 0 saturated carbocycles. The molecular weight excluding hydrogens is 278 g/mol. The molecule has 1 heterocycles. The largest absolute Gasteiger partial charge is 0.491 e. The fourth-order valence-corrected chi connectivity index (χ4v) is 2.27. The number of aryl methyl sites for hydroxylation is 2. The SMILES string of the molecule is Cc1ccc(C)c(OCCn2nnc3ccccc3c2=O)c1. The quantitative estimate of drug-likeness (QED) is 0.742. The molecule has 5 heteroatoms. The number of hydrogen-bond acceptors (Lipinski definition) is 4. The van der Waals surface area contributed by atoms with E-state index in [-0.39, 0.29) is 5.56 Å². The van der Waals surface area contributed by atoms with E-state index in [1.165, 1.54) is 4.68 Å². The molecule has 3 rings (SSSR count). The maximum Gasteiger partial charge on any atom is 0.277 e. The van der Waals surface area contributed by atoms with Gasteiger partial charge in [0.15, 0.2) is 0 Å². The van der Waals surface area contributed by atoms with Gasteiger partial charge in [-0.25, -0.2) is 4.68 Å². The van der Waals surface area contributed by atoms with Crippen LogP contribution in [0.25, 0.3) is 10.9 Å².